The summed E-state index contributed by atoms with van der Waals surface area (Å²) in [5, 5.41) is 2.47. The van der Waals surface area contributed by atoms with E-state index in [1.165, 1.54) is 10.8 Å². The van der Waals surface area contributed by atoms with Crippen molar-refractivity contribution in [3.63, 3.8) is 0 Å². The molecule has 0 aliphatic rings. The Kier molecular flexibility index (Phi) is 6.15. The maximum Gasteiger partial charge on any atom is 0.244 e. The van der Waals surface area contributed by atoms with Crippen molar-refractivity contribution in [2.45, 2.75) is 13.5 Å². The normalized spacial score (nSPS) is 10.9. The summed E-state index contributed by atoms with van der Waals surface area (Å²) in [5.74, 6) is -2.70. The second kappa shape index (κ2) is 9.03. The minimum absolute atomic E-state index is 0.139. The lowest BCUT2D eigenvalue weighted by atomic mass is 10.0. The Morgan fingerprint density at radius 3 is 2.52 bits per heavy atom. The van der Waals surface area contributed by atoms with Gasteiger partial charge in [-0.3, -0.25) is 14.4 Å². The lowest BCUT2D eigenvalue weighted by Gasteiger charge is -2.13. The van der Waals surface area contributed by atoms with Crippen LogP contribution in [0.2, 0.25) is 0 Å². The number of nitrogens with one attached hydrogen (secondary N) is 1. The fourth-order valence-electron chi connectivity index (χ4n) is 3.34. The molecule has 4 rings (SSSR count). The van der Waals surface area contributed by atoms with E-state index >= 15 is 0 Å². The molecule has 9 heteroatoms. The molecular weight excluding hydrogens is 496 g/mol. The van der Waals surface area contributed by atoms with Crippen LogP contribution in [-0.4, -0.2) is 21.2 Å². The van der Waals surface area contributed by atoms with Crippen molar-refractivity contribution in [1.82, 2.24) is 9.55 Å². The summed E-state index contributed by atoms with van der Waals surface area (Å²) in [7, 11) is 0. The first-order chi connectivity index (χ1) is 15.7. The number of fused-ring (bicyclic) bond motifs is 1. The molecule has 0 spiro atoms. The smallest absolute Gasteiger partial charge is 0.244 e. The molecule has 33 heavy (non-hydrogen) atoms. The Morgan fingerprint density at radius 1 is 1.06 bits per heavy atom. The molecule has 0 aliphatic carbocycles. The van der Waals surface area contributed by atoms with E-state index in [1.54, 1.807) is 43.3 Å². The van der Waals surface area contributed by atoms with Crippen LogP contribution in [0.25, 0.3) is 11.0 Å². The van der Waals surface area contributed by atoms with Gasteiger partial charge in [0.15, 0.2) is 5.78 Å². The first-order valence-corrected chi connectivity index (χ1v) is 10.6. The summed E-state index contributed by atoms with van der Waals surface area (Å²) in [6.45, 7) is 1.33. The van der Waals surface area contributed by atoms with E-state index < -0.39 is 28.8 Å². The van der Waals surface area contributed by atoms with Gasteiger partial charge in [0, 0.05) is 28.0 Å². The molecule has 4 aromatic rings. The topological polar surface area (TPSA) is 81.1 Å². The number of aryl methyl sites for hydroxylation is 1. The Morgan fingerprint density at radius 2 is 1.79 bits per heavy atom. The highest BCUT2D eigenvalue weighted by atomic mass is 79.9. The number of aromatic nitrogens is 2. The minimum atomic E-state index is -0.797. The van der Waals surface area contributed by atoms with E-state index in [9.17, 15) is 23.2 Å². The van der Waals surface area contributed by atoms with Crippen LogP contribution in [0, 0.1) is 18.6 Å². The average Bonchev–Trinajstić information content (AvgIpc) is 2.78. The number of hydrogen-bond donors (Lipinski definition) is 1. The number of pyridine rings is 2. The molecule has 2 aromatic carbocycles. The molecule has 0 bridgehead atoms. The van der Waals surface area contributed by atoms with Crippen molar-refractivity contribution in [1.29, 1.82) is 0 Å². The molecule has 0 saturated carbocycles. The molecular formula is C24H16BrF2N3O3. The Bertz CT molecular complexity index is 1470. The van der Waals surface area contributed by atoms with Crippen molar-refractivity contribution in [2.75, 3.05) is 5.32 Å². The minimum Gasteiger partial charge on any atom is -0.322 e. The highest BCUT2D eigenvalue weighted by Crippen LogP contribution is 2.18. The zero-order valence-electron chi connectivity index (χ0n) is 17.2. The summed E-state index contributed by atoms with van der Waals surface area (Å²) in [6, 6.07) is 12.4. The van der Waals surface area contributed by atoms with Gasteiger partial charge in [-0.15, -0.1) is 0 Å². The number of benzene rings is 2. The van der Waals surface area contributed by atoms with Crippen LogP contribution in [-0.2, 0) is 11.3 Å². The number of carbonyl (C=O) groups is 2. The van der Waals surface area contributed by atoms with Crippen molar-refractivity contribution in [3.05, 3.63) is 104 Å². The zero-order valence-corrected chi connectivity index (χ0v) is 18.8. The van der Waals surface area contributed by atoms with E-state index in [2.05, 4.69) is 26.2 Å². The highest BCUT2D eigenvalue weighted by molar-refractivity contribution is 9.10. The summed E-state index contributed by atoms with van der Waals surface area (Å²) in [6.07, 6.45) is 1.27. The van der Waals surface area contributed by atoms with Crippen molar-refractivity contribution in [3.8, 4) is 0 Å². The monoisotopic (exact) mass is 511 g/mol. The fourth-order valence-corrected chi connectivity index (χ4v) is 3.60. The second-order valence-electron chi connectivity index (χ2n) is 7.33. The van der Waals surface area contributed by atoms with E-state index in [4.69, 9.17) is 0 Å². The van der Waals surface area contributed by atoms with Gasteiger partial charge in [0.05, 0.1) is 16.6 Å². The third-order valence-corrected chi connectivity index (χ3v) is 5.46. The summed E-state index contributed by atoms with van der Waals surface area (Å²) >= 11 is 3.30. The van der Waals surface area contributed by atoms with Gasteiger partial charge in [0.2, 0.25) is 11.3 Å². The molecule has 1 amide bonds. The molecule has 0 radical (unpaired) electrons. The van der Waals surface area contributed by atoms with Gasteiger partial charge in [-0.05, 0) is 55.5 Å². The lowest BCUT2D eigenvalue weighted by molar-refractivity contribution is -0.116. The number of hydrogen-bond acceptors (Lipinski definition) is 4. The maximum absolute atomic E-state index is 13.9. The summed E-state index contributed by atoms with van der Waals surface area (Å²) in [4.78, 5) is 43.1. The molecule has 2 aromatic heterocycles. The molecule has 166 valence electrons. The molecule has 0 atom stereocenters. The van der Waals surface area contributed by atoms with Crippen molar-refractivity contribution < 1.29 is 18.4 Å². The van der Waals surface area contributed by atoms with E-state index in [-0.39, 0.29) is 28.8 Å². The number of amides is 1. The predicted molar refractivity (Wildman–Crippen MR) is 123 cm³/mol. The Hall–Kier alpha value is -3.72. The van der Waals surface area contributed by atoms with Gasteiger partial charge in [0.1, 0.15) is 23.8 Å². The average molecular weight is 512 g/mol. The number of anilines is 1. The van der Waals surface area contributed by atoms with Gasteiger partial charge in [0.25, 0.3) is 0 Å². The van der Waals surface area contributed by atoms with Crippen LogP contribution in [0.1, 0.15) is 21.6 Å². The van der Waals surface area contributed by atoms with Crippen molar-refractivity contribution >= 4 is 44.3 Å². The van der Waals surface area contributed by atoms with E-state index in [1.807, 2.05) is 0 Å². The van der Waals surface area contributed by atoms with E-state index in [0.29, 0.717) is 11.3 Å². The molecule has 0 saturated heterocycles. The molecule has 1 N–H and O–H groups in total. The van der Waals surface area contributed by atoms with Crippen molar-refractivity contribution in [2.24, 2.45) is 0 Å². The third kappa shape index (κ3) is 4.73. The zero-order chi connectivity index (χ0) is 23.7. The van der Waals surface area contributed by atoms with Gasteiger partial charge in [-0.25, -0.2) is 13.8 Å². The number of rotatable bonds is 5. The number of carbonyl (C=O) groups excluding carboxylic acids is 2. The van der Waals surface area contributed by atoms with Crippen LogP contribution >= 0.6 is 15.9 Å². The van der Waals surface area contributed by atoms with Gasteiger partial charge < -0.3 is 9.88 Å². The van der Waals surface area contributed by atoms with Gasteiger partial charge in [-0.1, -0.05) is 15.9 Å². The number of ketones is 1. The first-order valence-electron chi connectivity index (χ1n) is 9.79. The quantitative estimate of drug-likeness (QED) is 0.396. The lowest BCUT2D eigenvalue weighted by Crippen LogP contribution is -2.25. The van der Waals surface area contributed by atoms with Gasteiger partial charge in [-0.2, -0.15) is 0 Å². The van der Waals surface area contributed by atoms with Crippen LogP contribution in [0.15, 0.2) is 70.1 Å². The maximum atomic E-state index is 13.9. The van der Waals surface area contributed by atoms with Crippen LogP contribution < -0.4 is 10.7 Å². The molecule has 0 fully saturated rings. The predicted octanol–water partition coefficient (Wildman–Crippen LogP) is 4.62. The largest absolute Gasteiger partial charge is 0.322 e. The fraction of sp³-hybridized carbons (Fsp3) is 0.0833. The summed E-state index contributed by atoms with van der Waals surface area (Å²) in [5.41, 5.74) is 0.119. The van der Waals surface area contributed by atoms with Crippen LogP contribution in [0.4, 0.5) is 14.5 Å². The first kappa shape index (κ1) is 22.5. The molecule has 6 nitrogen and oxygen atoms in total. The third-order valence-electron chi connectivity index (χ3n) is 4.93. The molecule has 0 aliphatic heterocycles. The van der Waals surface area contributed by atoms with Gasteiger partial charge >= 0.3 is 0 Å². The molecule has 2 heterocycles. The molecule has 0 unspecified atom stereocenters. The summed E-state index contributed by atoms with van der Waals surface area (Å²) < 4.78 is 29.5. The highest BCUT2D eigenvalue weighted by Gasteiger charge is 2.19. The standard InChI is InChI=1S/C24H16BrF2N3O3/c1-13-2-8-17-23(33)18(22(32)14-3-5-15(25)6-4-14)11-30(24(17)28-13)12-21(31)29-20-10-16(26)7-9-19(20)27/h2-11H,12H2,1H3,(H,29,31). The van der Waals surface area contributed by atoms with Crippen LogP contribution in [0.5, 0.6) is 0 Å². The number of halogens is 3. The second-order valence-corrected chi connectivity index (χ2v) is 8.25. The van der Waals surface area contributed by atoms with Crippen LogP contribution in [0.3, 0.4) is 0 Å². The van der Waals surface area contributed by atoms with E-state index in [0.717, 1.165) is 22.7 Å². The SMILES string of the molecule is Cc1ccc2c(=O)c(C(=O)c3ccc(Br)cc3)cn(CC(=O)Nc3cc(F)ccc3F)c2n1. The Balaban J connectivity index is 1.77. The Labute approximate surface area is 195 Å². The number of nitrogens with zero attached hydrogens (tertiary/aromatic N) is 2.